The van der Waals surface area contributed by atoms with E-state index in [0.29, 0.717) is 11.6 Å². The van der Waals surface area contributed by atoms with E-state index in [1.54, 1.807) is 13.0 Å². The Morgan fingerprint density at radius 1 is 1.73 bits per heavy atom. The Hall–Kier alpha value is -1.52. The van der Waals surface area contributed by atoms with Crippen molar-refractivity contribution in [1.29, 1.82) is 0 Å². The molecule has 60 valence electrons. The first-order valence-corrected chi connectivity index (χ1v) is 3.14. The molecule has 1 aromatic rings. The molecule has 0 radical (unpaired) electrons. The van der Waals surface area contributed by atoms with Crippen LogP contribution in [0, 0.1) is 6.92 Å². The molecule has 0 spiro atoms. The van der Waals surface area contributed by atoms with Crippen molar-refractivity contribution >= 4 is 11.8 Å². The molecule has 0 unspecified atom stereocenters. The number of carbonyl (C=O) groups excluding carboxylic acids is 1. The van der Waals surface area contributed by atoms with Crippen molar-refractivity contribution in [3.63, 3.8) is 0 Å². The Kier molecular flexibility index (Phi) is 2.10. The van der Waals surface area contributed by atoms with Gasteiger partial charge in [0.05, 0.1) is 0 Å². The predicted octanol–water partition coefficient (Wildman–Crippen LogP) is 0.734. The normalized spacial score (nSPS) is 9.27. The number of hydrogen-bond donors (Lipinski definition) is 2. The average Bonchev–Trinajstić information content (AvgIpc) is 2.35. The molecule has 0 aliphatic rings. The molecule has 0 aliphatic carbocycles. The minimum absolute atomic E-state index is 0.307. The van der Waals surface area contributed by atoms with Crippen molar-refractivity contribution in [1.82, 2.24) is 10.5 Å². The highest BCUT2D eigenvalue weighted by Crippen LogP contribution is 2.05. The molecule has 2 amide bonds. The summed E-state index contributed by atoms with van der Waals surface area (Å²) < 4.78 is 4.72. The van der Waals surface area contributed by atoms with Gasteiger partial charge in [0.1, 0.15) is 5.76 Å². The SMILES string of the molecule is CNC(=O)Nc1cc(C)on1. The number of aryl methyl sites for hydroxylation is 1. The van der Waals surface area contributed by atoms with Crippen LogP contribution in [-0.4, -0.2) is 18.2 Å². The Bertz CT molecular complexity index is 256. The summed E-state index contributed by atoms with van der Waals surface area (Å²) >= 11 is 0. The third-order valence-electron chi connectivity index (χ3n) is 1.10. The molecule has 2 N–H and O–H groups in total. The smallest absolute Gasteiger partial charge is 0.320 e. The molecule has 11 heavy (non-hydrogen) atoms. The summed E-state index contributed by atoms with van der Waals surface area (Å²) in [6.45, 7) is 1.75. The molecule has 1 aromatic heterocycles. The second kappa shape index (κ2) is 3.05. The highest BCUT2D eigenvalue weighted by Gasteiger charge is 2.01. The number of hydrogen-bond acceptors (Lipinski definition) is 3. The van der Waals surface area contributed by atoms with E-state index in [2.05, 4.69) is 15.8 Å². The predicted molar refractivity (Wildman–Crippen MR) is 39.3 cm³/mol. The number of urea groups is 1. The fourth-order valence-electron chi connectivity index (χ4n) is 0.604. The fourth-order valence-corrected chi connectivity index (χ4v) is 0.604. The topological polar surface area (TPSA) is 67.2 Å². The van der Waals surface area contributed by atoms with Gasteiger partial charge in [-0.25, -0.2) is 4.79 Å². The van der Waals surface area contributed by atoms with Gasteiger partial charge in [-0.2, -0.15) is 0 Å². The molecular weight excluding hydrogens is 146 g/mol. The Morgan fingerprint density at radius 3 is 2.91 bits per heavy atom. The summed E-state index contributed by atoms with van der Waals surface area (Å²) in [5, 5.41) is 8.41. The summed E-state index contributed by atoms with van der Waals surface area (Å²) in [5.41, 5.74) is 0. The lowest BCUT2D eigenvalue weighted by molar-refractivity contribution is 0.253. The lowest BCUT2D eigenvalue weighted by Crippen LogP contribution is -2.24. The summed E-state index contributed by atoms with van der Waals surface area (Å²) in [4.78, 5) is 10.7. The molecule has 0 saturated carbocycles. The molecule has 0 atom stereocenters. The number of nitrogens with one attached hydrogen (secondary N) is 2. The van der Waals surface area contributed by atoms with Crippen molar-refractivity contribution in [3.05, 3.63) is 11.8 Å². The van der Waals surface area contributed by atoms with E-state index in [4.69, 9.17) is 4.52 Å². The molecule has 0 aromatic carbocycles. The summed E-state index contributed by atoms with van der Waals surface area (Å²) in [6, 6.07) is 1.33. The first-order valence-electron chi connectivity index (χ1n) is 3.14. The van der Waals surface area contributed by atoms with Crippen LogP contribution in [0.1, 0.15) is 5.76 Å². The van der Waals surface area contributed by atoms with Crippen LogP contribution in [0.3, 0.4) is 0 Å². The second-order valence-corrected chi connectivity index (χ2v) is 2.03. The highest BCUT2D eigenvalue weighted by molar-refractivity contribution is 5.87. The van der Waals surface area contributed by atoms with E-state index in [-0.39, 0.29) is 6.03 Å². The zero-order valence-electron chi connectivity index (χ0n) is 6.34. The van der Waals surface area contributed by atoms with Crippen molar-refractivity contribution in [2.45, 2.75) is 6.92 Å². The molecule has 5 heteroatoms. The first kappa shape index (κ1) is 7.59. The molecule has 1 rings (SSSR count). The summed E-state index contributed by atoms with van der Waals surface area (Å²) in [7, 11) is 1.53. The maximum absolute atomic E-state index is 10.7. The van der Waals surface area contributed by atoms with Crippen LogP contribution in [0.2, 0.25) is 0 Å². The number of anilines is 1. The molecule has 0 saturated heterocycles. The molecule has 1 heterocycles. The van der Waals surface area contributed by atoms with Gasteiger partial charge in [0.15, 0.2) is 5.82 Å². The van der Waals surface area contributed by atoms with E-state index in [9.17, 15) is 4.79 Å². The van der Waals surface area contributed by atoms with E-state index in [1.807, 2.05) is 0 Å². The molecular formula is C6H9N3O2. The third-order valence-corrected chi connectivity index (χ3v) is 1.10. The van der Waals surface area contributed by atoms with Crippen LogP contribution in [0.5, 0.6) is 0 Å². The first-order chi connectivity index (χ1) is 5.22. The van der Waals surface area contributed by atoms with E-state index in [0.717, 1.165) is 0 Å². The van der Waals surface area contributed by atoms with Gasteiger partial charge in [0.2, 0.25) is 0 Å². The largest absolute Gasteiger partial charge is 0.360 e. The molecule has 5 nitrogen and oxygen atoms in total. The van der Waals surface area contributed by atoms with Crippen LogP contribution in [0.15, 0.2) is 10.6 Å². The maximum atomic E-state index is 10.7. The van der Waals surface area contributed by atoms with E-state index >= 15 is 0 Å². The molecule has 0 aliphatic heterocycles. The monoisotopic (exact) mass is 155 g/mol. The number of amides is 2. The second-order valence-electron chi connectivity index (χ2n) is 2.03. The van der Waals surface area contributed by atoms with Crippen LogP contribution >= 0.6 is 0 Å². The third kappa shape index (κ3) is 1.96. The number of carbonyl (C=O) groups is 1. The lowest BCUT2D eigenvalue weighted by Gasteiger charge is -1.96. The number of aromatic nitrogens is 1. The van der Waals surface area contributed by atoms with Gasteiger partial charge < -0.3 is 9.84 Å². The van der Waals surface area contributed by atoms with Gasteiger partial charge in [0, 0.05) is 13.1 Å². The number of rotatable bonds is 1. The van der Waals surface area contributed by atoms with Gasteiger partial charge in [-0.15, -0.1) is 0 Å². The van der Waals surface area contributed by atoms with Crippen molar-refractivity contribution < 1.29 is 9.32 Å². The molecule has 0 bridgehead atoms. The minimum Gasteiger partial charge on any atom is -0.360 e. The Labute approximate surface area is 63.8 Å². The lowest BCUT2D eigenvalue weighted by atomic mass is 10.5. The number of nitrogens with zero attached hydrogens (tertiary/aromatic N) is 1. The van der Waals surface area contributed by atoms with E-state index in [1.165, 1.54) is 7.05 Å². The Balaban J connectivity index is 2.57. The van der Waals surface area contributed by atoms with Gasteiger partial charge in [-0.05, 0) is 6.92 Å². The fraction of sp³-hybridized carbons (Fsp3) is 0.333. The van der Waals surface area contributed by atoms with Crippen molar-refractivity contribution in [2.24, 2.45) is 0 Å². The average molecular weight is 155 g/mol. The minimum atomic E-state index is -0.307. The van der Waals surface area contributed by atoms with Gasteiger partial charge in [-0.1, -0.05) is 5.16 Å². The van der Waals surface area contributed by atoms with Gasteiger partial charge >= 0.3 is 6.03 Å². The van der Waals surface area contributed by atoms with Gasteiger partial charge in [-0.3, -0.25) is 5.32 Å². The van der Waals surface area contributed by atoms with Crippen molar-refractivity contribution in [3.8, 4) is 0 Å². The van der Waals surface area contributed by atoms with E-state index < -0.39 is 0 Å². The zero-order chi connectivity index (χ0) is 8.27. The summed E-state index contributed by atoms with van der Waals surface area (Å²) in [5.74, 6) is 1.08. The summed E-state index contributed by atoms with van der Waals surface area (Å²) in [6.07, 6.45) is 0. The van der Waals surface area contributed by atoms with Crippen LogP contribution < -0.4 is 10.6 Å². The van der Waals surface area contributed by atoms with Crippen LogP contribution in [-0.2, 0) is 0 Å². The van der Waals surface area contributed by atoms with Crippen molar-refractivity contribution in [2.75, 3.05) is 12.4 Å². The van der Waals surface area contributed by atoms with Crippen LogP contribution in [0.25, 0.3) is 0 Å². The standard InChI is InChI=1S/C6H9N3O2/c1-4-3-5(9-11-4)8-6(10)7-2/h3H,1-2H3,(H2,7,8,9,10). The maximum Gasteiger partial charge on any atom is 0.320 e. The van der Waals surface area contributed by atoms with Gasteiger partial charge in [0.25, 0.3) is 0 Å². The highest BCUT2D eigenvalue weighted by atomic mass is 16.5. The van der Waals surface area contributed by atoms with Crippen LogP contribution in [0.4, 0.5) is 10.6 Å². The Morgan fingerprint density at radius 2 is 2.45 bits per heavy atom. The zero-order valence-corrected chi connectivity index (χ0v) is 6.34. The molecule has 0 fully saturated rings. The quantitative estimate of drug-likeness (QED) is 0.628.